The molecule has 0 aromatic rings. The fourth-order valence-electron chi connectivity index (χ4n) is 9.20. The van der Waals surface area contributed by atoms with Crippen LogP contribution in [0.25, 0.3) is 0 Å². The lowest BCUT2D eigenvalue weighted by Gasteiger charge is -2.63. The number of fused-ring (bicyclic) bond motifs is 5. The van der Waals surface area contributed by atoms with E-state index in [1.54, 1.807) is 0 Å². The maximum Gasteiger partial charge on any atom is 0.188 e. The lowest BCUT2D eigenvalue weighted by atomic mass is 9.43. The van der Waals surface area contributed by atoms with Gasteiger partial charge < -0.3 is 15.3 Å². The average Bonchev–Trinajstić information content (AvgIpc) is 3.08. The van der Waals surface area contributed by atoms with Crippen molar-refractivity contribution in [2.45, 2.75) is 110 Å². The molecule has 5 heteroatoms. The third-order valence-electron chi connectivity index (χ3n) is 11.2. The number of aliphatic hydroxyl groups excluding tert-OH is 3. The highest BCUT2D eigenvalue weighted by atomic mass is 32.1. The van der Waals surface area contributed by atoms with Crippen molar-refractivity contribution in [1.29, 1.82) is 0 Å². The Balaban J connectivity index is 1.51. The minimum atomic E-state index is -0.323. The van der Waals surface area contributed by atoms with E-state index in [2.05, 4.69) is 33.4 Å². The maximum atomic E-state index is 11.6. The fourth-order valence-corrected chi connectivity index (χ4v) is 9.33. The number of hydrogen-bond acceptors (Lipinski definition) is 4. The van der Waals surface area contributed by atoms with E-state index < -0.39 is 0 Å². The lowest BCUT2D eigenvalue weighted by Crippen LogP contribution is -2.62. The van der Waals surface area contributed by atoms with Crippen LogP contribution in [-0.4, -0.2) is 38.7 Å². The van der Waals surface area contributed by atoms with Crippen molar-refractivity contribution >= 4 is 17.7 Å². The summed E-state index contributed by atoms with van der Waals surface area (Å²) in [6.07, 6.45) is 8.67. The molecule has 184 valence electrons. The lowest BCUT2D eigenvalue weighted by molar-refractivity contribution is -0.207. The molecule has 4 rings (SSSR count). The van der Waals surface area contributed by atoms with Crippen LogP contribution in [0, 0.1) is 52.3 Å². The van der Waals surface area contributed by atoms with Crippen LogP contribution < -0.4 is 0 Å². The monoisotopic (exact) mass is 466 g/mol. The van der Waals surface area contributed by atoms with Crippen LogP contribution in [0.4, 0.5) is 0 Å². The summed E-state index contributed by atoms with van der Waals surface area (Å²) in [5.74, 6) is 2.36. The molecule has 0 heterocycles. The Kier molecular flexibility index (Phi) is 7.16. The number of rotatable bonds is 6. The molecule has 0 spiro atoms. The van der Waals surface area contributed by atoms with Crippen molar-refractivity contribution in [3.63, 3.8) is 0 Å². The third kappa shape index (κ3) is 4.01. The molecular weight excluding hydrogens is 420 g/mol. The van der Waals surface area contributed by atoms with Crippen molar-refractivity contribution in [3.8, 4) is 0 Å². The van der Waals surface area contributed by atoms with E-state index in [4.69, 9.17) is 0 Å². The molecule has 4 nitrogen and oxygen atoms in total. The summed E-state index contributed by atoms with van der Waals surface area (Å²) in [5, 5.41) is 33.3. The Labute approximate surface area is 200 Å². The predicted octanol–water partition coefficient (Wildman–Crippen LogP) is 4.85. The average molecular weight is 467 g/mol. The van der Waals surface area contributed by atoms with E-state index in [1.807, 2.05) is 6.92 Å². The minimum Gasteiger partial charge on any atom is -0.393 e. The zero-order valence-corrected chi connectivity index (χ0v) is 21.4. The van der Waals surface area contributed by atoms with Crippen LogP contribution in [0.1, 0.15) is 91.9 Å². The van der Waals surface area contributed by atoms with E-state index in [1.165, 1.54) is 0 Å². The second kappa shape index (κ2) is 9.17. The topological polar surface area (TPSA) is 77.8 Å². The van der Waals surface area contributed by atoms with Crippen LogP contribution >= 0.6 is 12.6 Å². The summed E-state index contributed by atoms with van der Waals surface area (Å²) in [6, 6.07) is 0. The normalized spacial score (nSPS) is 50.1. The first-order chi connectivity index (χ1) is 15.0. The molecule has 32 heavy (non-hydrogen) atoms. The summed E-state index contributed by atoms with van der Waals surface area (Å²) in [6.45, 7) is 9.00. The van der Waals surface area contributed by atoms with Crippen LogP contribution in [0.15, 0.2) is 0 Å². The molecule has 0 bridgehead atoms. The quantitative estimate of drug-likeness (QED) is 0.422. The molecule has 0 aromatic carbocycles. The van der Waals surface area contributed by atoms with Gasteiger partial charge in [-0.15, -0.1) is 12.6 Å². The van der Waals surface area contributed by atoms with Gasteiger partial charge in [-0.05, 0) is 97.7 Å². The summed E-state index contributed by atoms with van der Waals surface area (Å²) in [4.78, 5) is 11.5. The van der Waals surface area contributed by atoms with Gasteiger partial charge >= 0.3 is 0 Å². The number of carbonyl (C=O) groups excluding carboxylic acids is 1. The summed E-state index contributed by atoms with van der Waals surface area (Å²) in [5.41, 5.74) is -0.00536. The molecule has 1 unspecified atom stereocenters. The molecule has 0 amide bonds. The summed E-state index contributed by atoms with van der Waals surface area (Å²) in [7, 11) is 0. The largest absolute Gasteiger partial charge is 0.393 e. The van der Waals surface area contributed by atoms with E-state index >= 15 is 0 Å². The molecule has 0 saturated heterocycles. The SMILES string of the molecule is CC(CCC[C@@H](C)[C@H]1CC[C@H]2[C@@H]3[C@H](O)C[C@@H]4C[C@H](O)CC[C@]4(C)[C@H]3C[C@H](O)[C@]12C)C(=O)S. The molecule has 12 atom stereocenters. The molecule has 4 aliphatic carbocycles. The first kappa shape index (κ1) is 25.0. The van der Waals surface area contributed by atoms with Crippen molar-refractivity contribution in [3.05, 3.63) is 0 Å². The van der Waals surface area contributed by atoms with Gasteiger partial charge in [0.15, 0.2) is 5.12 Å². The van der Waals surface area contributed by atoms with Crippen LogP contribution in [0.5, 0.6) is 0 Å². The highest BCUT2D eigenvalue weighted by Gasteiger charge is 2.65. The Bertz CT molecular complexity index is 699. The zero-order valence-electron chi connectivity index (χ0n) is 20.5. The zero-order chi connectivity index (χ0) is 23.4. The minimum absolute atomic E-state index is 0.0126. The number of carbonyl (C=O) groups is 1. The van der Waals surface area contributed by atoms with Crippen molar-refractivity contribution in [1.82, 2.24) is 0 Å². The Morgan fingerprint density at radius 1 is 1.00 bits per heavy atom. The first-order valence-electron chi connectivity index (χ1n) is 13.3. The van der Waals surface area contributed by atoms with Gasteiger partial charge in [0.05, 0.1) is 18.3 Å². The second-order valence-corrected chi connectivity index (χ2v) is 13.1. The standard InChI is InChI=1S/C27H46O4S/c1-15(6-5-7-16(2)25(31)32)19-8-9-20-24-21(14-23(30)27(19,20)4)26(3)11-10-18(28)12-17(26)13-22(24)29/h15-24,28-30H,5-14H2,1-4H3,(H,31,32)/t15-,16?,17+,18-,19-,20+,21+,22-,23+,24+,26+,27-/m1/s1. The molecule has 0 radical (unpaired) electrons. The van der Waals surface area contributed by atoms with Gasteiger partial charge in [0.25, 0.3) is 0 Å². The van der Waals surface area contributed by atoms with E-state index in [-0.39, 0.29) is 46.1 Å². The molecule has 4 fully saturated rings. The van der Waals surface area contributed by atoms with Crippen LogP contribution in [0.3, 0.4) is 0 Å². The van der Waals surface area contributed by atoms with Crippen LogP contribution in [0.2, 0.25) is 0 Å². The Morgan fingerprint density at radius 3 is 2.41 bits per heavy atom. The van der Waals surface area contributed by atoms with Gasteiger partial charge in [-0.2, -0.15) is 0 Å². The Hall–Kier alpha value is -0.100. The van der Waals surface area contributed by atoms with E-state index in [9.17, 15) is 20.1 Å². The summed E-state index contributed by atoms with van der Waals surface area (Å²) < 4.78 is 0. The molecule has 0 aliphatic heterocycles. The second-order valence-electron chi connectivity index (χ2n) is 12.7. The maximum absolute atomic E-state index is 11.6. The Morgan fingerprint density at radius 2 is 1.72 bits per heavy atom. The third-order valence-corrected chi connectivity index (χ3v) is 11.7. The van der Waals surface area contributed by atoms with E-state index in [0.717, 1.165) is 64.2 Å². The molecule has 4 saturated carbocycles. The molecule has 0 aromatic heterocycles. The van der Waals surface area contributed by atoms with Gasteiger partial charge in [0.2, 0.25) is 0 Å². The van der Waals surface area contributed by atoms with E-state index in [0.29, 0.717) is 29.6 Å². The molecule has 3 N–H and O–H groups in total. The summed E-state index contributed by atoms with van der Waals surface area (Å²) >= 11 is 3.98. The smallest absolute Gasteiger partial charge is 0.188 e. The number of thiol groups is 1. The highest BCUT2D eigenvalue weighted by molar-refractivity contribution is 7.96. The van der Waals surface area contributed by atoms with Gasteiger partial charge in [-0.25, -0.2) is 0 Å². The van der Waals surface area contributed by atoms with Crippen molar-refractivity contribution < 1.29 is 20.1 Å². The number of aliphatic hydroxyl groups is 3. The number of hydrogen-bond donors (Lipinski definition) is 4. The molecule has 4 aliphatic rings. The van der Waals surface area contributed by atoms with Crippen molar-refractivity contribution in [2.24, 2.45) is 52.3 Å². The van der Waals surface area contributed by atoms with Gasteiger partial charge in [0.1, 0.15) is 0 Å². The van der Waals surface area contributed by atoms with Gasteiger partial charge in [-0.1, -0.05) is 40.5 Å². The fraction of sp³-hybridized carbons (Fsp3) is 0.963. The highest BCUT2D eigenvalue weighted by Crippen LogP contribution is 2.68. The first-order valence-corrected chi connectivity index (χ1v) is 13.7. The predicted molar refractivity (Wildman–Crippen MR) is 130 cm³/mol. The molecular formula is C27H46O4S. The van der Waals surface area contributed by atoms with Crippen molar-refractivity contribution in [2.75, 3.05) is 0 Å². The van der Waals surface area contributed by atoms with Crippen LogP contribution in [-0.2, 0) is 4.79 Å². The van der Waals surface area contributed by atoms with Gasteiger partial charge in [-0.3, -0.25) is 4.79 Å². The van der Waals surface area contributed by atoms with Gasteiger partial charge in [0, 0.05) is 5.92 Å².